The van der Waals surface area contributed by atoms with E-state index in [9.17, 15) is 9.90 Å². The van der Waals surface area contributed by atoms with Crippen LogP contribution in [0.25, 0.3) is 0 Å². The topological polar surface area (TPSA) is 40.5 Å². The summed E-state index contributed by atoms with van der Waals surface area (Å²) in [5.41, 5.74) is 2.56. The lowest BCUT2D eigenvalue weighted by Gasteiger charge is -2.43. The van der Waals surface area contributed by atoms with E-state index >= 15 is 0 Å². The van der Waals surface area contributed by atoms with Gasteiger partial charge in [0.2, 0.25) is 0 Å². The zero-order chi connectivity index (χ0) is 19.6. The van der Waals surface area contributed by atoms with E-state index in [4.69, 9.17) is 0 Å². The molecule has 0 radical (unpaired) electrons. The molecule has 1 fully saturated rings. The predicted molar refractivity (Wildman–Crippen MR) is 111 cm³/mol. The Morgan fingerprint density at radius 1 is 0.929 bits per heavy atom. The Kier molecular flexibility index (Phi) is 5.12. The highest BCUT2D eigenvalue weighted by Crippen LogP contribution is 2.41. The second kappa shape index (κ2) is 7.70. The van der Waals surface area contributed by atoms with Gasteiger partial charge in [0.25, 0.3) is 0 Å². The summed E-state index contributed by atoms with van der Waals surface area (Å²) in [5.74, 6) is 0.0271. The molecule has 0 aliphatic carbocycles. The Morgan fingerprint density at radius 2 is 1.57 bits per heavy atom. The smallest absolute Gasteiger partial charge is 0.193 e. The summed E-state index contributed by atoms with van der Waals surface area (Å²) in [4.78, 5) is 15.1. The van der Waals surface area contributed by atoms with Crippen molar-refractivity contribution < 1.29 is 9.90 Å². The van der Waals surface area contributed by atoms with Gasteiger partial charge in [-0.15, -0.1) is 0 Å². The molecule has 2 atom stereocenters. The number of aliphatic hydroxyl groups is 1. The molecule has 3 aromatic rings. The summed E-state index contributed by atoms with van der Waals surface area (Å²) in [5, 5.41) is 11.4. The molecule has 3 heteroatoms. The highest BCUT2D eigenvalue weighted by Gasteiger charge is 2.38. The van der Waals surface area contributed by atoms with Crippen LogP contribution in [0.4, 0.5) is 0 Å². The van der Waals surface area contributed by atoms with Crippen molar-refractivity contribution >= 4 is 5.78 Å². The minimum absolute atomic E-state index is 0.0271. The molecule has 1 heterocycles. The van der Waals surface area contributed by atoms with Crippen LogP contribution in [0.2, 0.25) is 0 Å². The summed E-state index contributed by atoms with van der Waals surface area (Å²) >= 11 is 0. The first kappa shape index (κ1) is 18.6. The van der Waals surface area contributed by atoms with E-state index in [1.165, 1.54) is 0 Å². The lowest BCUT2D eigenvalue weighted by atomic mass is 9.79. The maximum Gasteiger partial charge on any atom is 0.193 e. The molecule has 142 valence electrons. The van der Waals surface area contributed by atoms with Crippen LogP contribution in [-0.2, 0) is 5.60 Å². The zero-order valence-corrected chi connectivity index (χ0v) is 16.1. The highest BCUT2D eigenvalue weighted by molar-refractivity contribution is 6.09. The van der Waals surface area contributed by atoms with Crippen LogP contribution >= 0.6 is 0 Å². The van der Waals surface area contributed by atoms with Crippen LogP contribution in [-0.4, -0.2) is 29.4 Å². The number of ketones is 1. The Morgan fingerprint density at radius 3 is 2.29 bits per heavy atom. The van der Waals surface area contributed by atoms with Crippen molar-refractivity contribution in [3.8, 4) is 0 Å². The van der Waals surface area contributed by atoms with Crippen LogP contribution in [0.5, 0.6) is 0 Å². The fourth-order valence-corrected chi connectivity index (χ4v) is 4.12. The molecule has 1 saturated heterocycles. The highest BCUT2D eigenvalue weighted by atomic mass is 16.3. The first-order valence-electron chi connectivity index (χ1n) is 9.75. The molecule has 0 aromatic heterocycles. The fraction of sp³-hybridized carbons (Fsp3) is 0.240. The Hall–Kier alpha value is -2.75. The van der Waals surface area contributed by atoms with E-state index in [2.05, 4.69) is 18.0 Å². The van der Waals surface area contributed by atoms with Gasteiger partial charge in [-0.25, -0.2) is 0 Å². The quantitative estimate of drug-likeness (QED) is 0.683. The van der Waals surface area contributed by atoms with Gasteiger partial charge < -0.3 is 5.11 Å². The third kappa shape index (κ3) is 3.64. The van der Waals surface area contributed by atoms with Crippen LogP contribution < -0.4 is 0 Å². The molecule has 0 saturated carbocycles. The Labute approximate surface area is 166 Å². The van der Waals surface area contributed by atoms with E-state index in [0.29, 0.717) is 24.0 Å². The maximum absolute atomic E-state index is 12.8. The summed E-state index contributed by atoms with van der Waals surface area (Å²) in [6.07, 6.45) is 1.31. The summed E-state index contributed by atoms with van der Waals surface area (Å²) < 4.78 is 0. The number of benzene rings is 3. The minimum Gasteiger partial charge on any atom is -0.385 e. The molecule has 0 spiro atoms. The minimum atomic E-state index is -0.849. The SMILES string of the molecule is CN1CCC(O)(c2ccccc2)CC1c1cccc(C(=O)c2ccccc2)c1. The van der Waals surface area contributed by atoms with Crippen molar-refractivity contribution in [1.82, 2.24) is 4.90 Å². The molecular formula is C25H25NO2. The molecule has 2 unspecified atom stereocenters. The van der Waals surface area contributed by atoms with Gasteiger partial charge in [-0.3, -0.25) is 9.69 Å². The first-order valence-corrected chi connectivity index (χ1v) is 9.75. The second-order valence-electron chi connectivity index (χ2n) is 7.67. The van der Waals surface area contributed by atoms with Crippen LogP contribution in [0.1, 0.15) is 45.9 Å². The normalized spacial score (nSPS) is 22.7. The number of piperidine rings is 1. The van der Waals surface area contributed by atoms with Gasteiger partial charge in [-0.1, -0.05) is 78.9 Å². The third-order valence-electron chi connectivity index (χ3n) is 5.82. The van der Waals surface area contributed by atoms with Crippen molar-refractivity contribution in [2.45, 2.75) is 24.5 Å². The molecule has 28 heavy (non-hydrogen) atoms. The summed E-state index contributed by atoms with van der Waals surface area (Å²) in [7, 11) is 2.08. The van der Waals surface area contributed by atoms with Crippen molar-refractivity contribution in [2.24, 2.45) is 0 Å². The number of hydrogen-bond donors (Lipinski definition) is 1. The van der Waals surface area contributed by atoms with Crippen molar-refractivity contribution in [2.75, 3.05) is 13.6 Å². The molecule has 0 amide bonds. The summed E-state index contributed by atoms with van der Waals surface area (Å²) in [6, 6.07) is 27.2. The first-order chi connectivity index (χ1) is 13.6. The van der Waals surface area contributed by atoms with Crippen molar-refractivity contribution in [1.29, 1.82) is 0 Å². The molecule has 1 aliphatic rings. The predicted octanol–water partition coefficient (Wildman–Crippen LogP) is 4.57. The number of nitrogens with zero attached hydrogens (tertiary/aromatic N) is 1. The van der Waals surface area contributed by atoms with E-state index in [-0.39, 0.29) is 11.8 Å². The van der Waals surface area contributed by atoms with Crippen LogP contribution in [0.3, 0.4) is 0 Å². The van der Waals surface area contributed by atoms with Gasteiger partial charge in [0, 0.05) is 30.1 Å². The molecule has 4 rings (SSSR count). The van der Waals surface area contributed by atoms with Crippen molar-refractivity contribution in [3.05, 3.63) is 107 Å². The van der Waals surface area contributed by atoms with Gasteiger partial charge in [0.1, 0.15) is 0 Å². The Bertz CT molecular complexity index is 955. The zero-order valence-electron chi connectivity index (χ0n) is 16.1. The monoisotopic (exact) mass is 371 g/mol. The number of carbonyl (C=O) groups excluding carboxylic acids is 1. The van der Waals surface area contributed by atoms with Crippen LogP contribution in [0.15, 0.2) is 84.9 Å². The second-order valence-corrected chi connectivity index (χ2v) is 7.67. The number of hydrogen-bond acceptors (Lipinski definition) is 3. The van der Waals surface area contributed by atoms with E-state index in [1.54, 1.807) is 0 Å². The van der Waals surface area contributed by atoms with E-state index < -0.39 is 5.60 Å². The van der Waals surface area contributed by atoms with Crippen molar-refractivity contribution in [3.63, 3.8) is 0 Å². The van der Waals surface area contributed by atoms with Gasteiger partial charge >= 0.3 is 0 Å². The Balaban J connectivity index is 1.64. The largest absolute Gasteiger partial charge is 0.385 e. The summed E-state index contributed by atoms with van der Waals surface area (Å²) in [6.45, 7) is 0.799. The lowest BCUT2D eigenvalue weighted by Crippen LogP contribution is -2.42. The fourth-order valence-electron chi connectivity index (χ4n) is 4.12. The standard InChI is InChI=1S/C25H25NO2/c1-26-16-15-25(28,22-13-6-3-7-14-22)18-23(26)20-11-8-12-21(17-20)24(27)19-9-4-2-5-10-19/h2-14,17,23,28H,15-16,18H2,1H3. The number of carbonyl (C=O) groups is 1. The van der Waals surface area contributed by atoms with Gasteiger partial charge in [0.05, 0.1) is 5.60 Å². The van der Waals surface area contributed by atoms with Gasteiger partial charge in [0.15, 0.2) is 5.78 Å². The average molecular weight is 371 g/mol. The van der Waals surface area contributed by atoms with Gasteiger partial charge in [-0.2, -0.15) is 0 Å². The molecule has 3 aromatic carbocycles. The molecular weight excluding hydrogens is 346 g/mol. The molecule has 1 N–H and O–H groups in total. The lowest BCUT2D eigenvalue weighted by molar-refractivity contribution is -0.0458. The van der Waals surface area contributed by atoms with Crippen LogP contribution in [0, 0.1) is 0 Å². The number of likely N-dealkylation sites (tertiary alicyclic amines) is 1. The number of rotatable bonds is 4. The van der Waals surface area contributed by atoms with Gasteiger partial charge in [-0.05, 0) is 30.7 Å². The molecule has 1 aliphatic heterocycles. The average Bonchev–Trinajstić information content (AvgIpc) is 2.76. The maximum atomic E-state index is 12.8. The van der Waals surface area contributed by atoms with E-state index in [0.717, 1.165) is 17.7 Å². The molecule has 0 bridgehead atoms. The molecule has 3 nitrogen and oxygen atoms in total. The third-order valence-corrected chi connectivity index (χ3v) is 5.82. The van der Waals surface area contributed by atoms with E-state index in [1.807, 2.05) is 78.9 Å².